The van der Waals surface area contributed by atoms with Crippen molar-refractivity contribution in [1.29, 1.82) is 0 Å². The fourth-order valence-corrected chi connectivity index (χ4v) is 6.69. The van der Waals surface area contributed by atoms with Crippen molar-refractivity contribution in [2.45, 2.75) is 91.3 Å². The number of thiophene rings is 1. The van der Waals surface area contributed by atoms with E-state index in [2.05, 4.69) is 48.5 Å². The number of fused-ring (bicyclic) bond motifs is 3. The van der Waals surface area contributed by atoms with E-state index in [4.69, 9.17) is 0 Å². The van der Waals surface area contributed by atoms with Crippen LogP contribution in [0.1, 0.15) is 82.1 Å². The van der Waals surface area contributed by atoms with Crippen molar-refractivity contribution in [3.63, 3.8) is 0 Å². The monoisotopic (exact) mass is 486 g/mol. The van der Waals surface area contributed by atoms with Crippen molar-refractivity contribution >= 4 is 33.4 Å². The summed E-state index contributed by atoms with van der Waals surface area (Å²) in [7, 11) is 0. The average Bonchev–Trinajstić information content (AvgIpc) is 3.38. The minimum absolute atomic E-state index is 0.00156. The number of nitrogens with one attached hydrogen (secondary N) is 1. The molecular formula is C27H42N4O2S. The molecule has 1 atom stereocenters. The molecule has 0 saturated heterocycles. The van der Waals surface area contributed by atoms with Gasteiger partial charge in [-0.25, -0.2) is 0 Å². The van der Waals surface area contributed by atoms with Gasteiger partial charge in [0.2, 0.25) is 5.91 Å². The molecule has 7 heteroatoms. The number of nitrogens with zero attached hydrogens (tertiary/aromatic N) is 3. The molecule has 1 unspecified atom stereocenters. The Hall–Kier alpha value is -1.86. The van der Waals surface area contributed by atoms with Gasteiger partial charge in [-0.05, 0) is 83.1 Å². The molecule has 6 nitrogen and oxygen atoms in total. The zero-order chi connectivity index (χ0) is 24.5. The zero-order valence-electron chi connectivity index (χ0n) is 21.7. The summed E-state index contributed by atoms with van der Waals surface area (Å²) < 4.78 is 3.26. The van der Waals surface area contributed by atoms with Gasteiger partial charge < -0.3 is 19.7 Å². The highest BCUT2D eigenvalue weighted by Gasteiger charge is 2.48. The minimum Gasteiger partial charge on any atom is -0.351 e. The Kier molecular flexibility index (Phi) is 7.72. The number of carbonyl (C=O) groups excluding carboxylic acids is 2. The third kappa shape index (κ3) is 4.78. The zero-order valence-corrected chi connectivity index (χ0v) is 22.5. The van der Waals surface area contributed by atoms with Gasteiger partial charge in [0.1, 0.15) is 11.2 Å². The van der Waals surface area contributed by atoms with Gasteiger partial charge in [0.15, 0.2) is 0 Å². The van der Waals surface area contributed by atoms with E-state index >= 15 is 0 Å². The van der Waals surface area contributed by atoms with Gasteiger partial charge in [-0.2, -0.15) is 0 Å². The first-order valence-electron chi connectivity index (χ1n) is 13.3. The van der Waals surface area contributed by atoms with Gasteiger partial charge in [-0.15, -0.1) is 11.3 Å². The highest BCUT2D eigenvalue weighted by molar-refractivity contribution is 7.19. The Labute approximate surface area is 208 Å². The molecule has 1 saturated carbocycles. The van der Waals surface area contributed by atoms with E-state index in [1.54, 1.807) is 11.3 Å². The van der Waals surface area contributed by atoms with Gasteiger partial charge in [0.25, 0.3) is 5.91 Å². The maximum absolute atomic E-state index is 13.8. The van der Waals surface area contributed by atoms with E-state index in [1.165, 1.54) is 4.88 Å². The summed E-state index contributed by atoms with van der Waals surface area (Å²) in [6.07, 6.45) is 6.23. The van der Waals surface area contributed by atoms with E-state index in [0.29, 0.717) is 13.1 Å². The fourth-order valence-electron chi connectivity index (χ4n) is 5.65. The summed E-state index contributed by atoms with van der Waals surface area (Å²) in [6.45, 7) is 14.8. The standard InChI is InChI=1S/C27H42N4O2S/c1-6-21-16-22-24(34-21)17-23-25(32)31(15-9-14-29(7-2)8-3)27(5,18-30(22)23)26(33)28-20-12-10-19(4)11-13-20/h16-17,19-20H,6-15,18H2,1-5H3,(H,28,33). The molecule has 1 fully saturated rings. The number of hydrogen-bond acceptors (Lipinski definition) is 4. The topological polar surface area (TPSA) is 57.6 Å². The molecule has 1 aliphatic carbocycles. The van der Waals surface area contributed by atoms with Gasteiger partial charge in [-0.1, -0.05) is 27.7 Å². The summed E-state index contributed by atoms with van der Waals surface area (Å²) >= 11 is 1.76. The lowest BCUT2D eigenvalue weighted by molar-refractivity contribution is -0.133. The average molecular weight is 487 g/mol. The summed E-state index contributed by atoms with van der Waals surface area (Å²) in [5.41, 5.74) is 0.929. The molecule has 0 bridgehead atoms. The van der Waals surface area contributed by atoms with Gasteiger partial charge in [-0.3, -0.25) is 9.59 Å². The van der Waals surface area contributed by atoms with Gasteiger partial charge in [0.05, 0.1) is 16.8 Å². The molecule has 1 aliphatic heterocycles. The highest BCUT2D eigenvalue weighted by atomic mass is 32.1. The highest BCUT2D eigenvalue weighted by Crippen LogP contribution is 2.36. The van der Waals surface area contributed by atoms with Crippen molar-refractivity contribution in [1.82, 2.24) is 19.7 Å². The summed E-state index contributed by atoms with van der Waals surface area (Å²) in [4.78, 5) is 33.2. The SMILES string of the molecule is CCc1cc2c(cc3n2CC(C)(C(=O)NC2CCC(C)CC2)N(CCCN(CC)CC)C3=O)s1. The van der Waals surface area contributed by atoms with Crippen LogP contribution >= 0.6 is 11.3 Å². The predicted molar refractivity (Wildman–Crippen MR) is 141 cm³/mol. The van der Waals surface area contributed by atoms with E-state index in [9.17, 15) is 9.59 Å². The van der Waals surface area contributed by atoms with Crippen LogP contribution in [0.5, 0.6) is 0 Å². The third-order valence-electron chi connectivity index (χ3n) is 8.11. The Bertz CT molecular complexity index is 1020. The van der Waals surface area contributed by atoms with E-state index < -0.39 is 5.54 Å². The van der Waals surface area contributed by atoms with Crippen molar-refractivity contribution in [3.8, 4) is 0 Å². The van der Waals surface area contributed by atoms with Gasteiger partial charge >= 0.3 is 0 Å². The lowest BCUT2D eigenvalue weighted by Crippen LogP contribution is -2.65. The quantitative estimate of drug-likeness (QED) is 0.548. The van der Waals surface area contributed by atoms with E-state index in [-0.39, 0.29) is 17.9 Å². The molecule has 4 rings (SSSR count). The summed E-state index contributed by atoms with van der Waals surface area (Å²) in [5, 5.41) is 3.36. The normalized spacial score (nSPS) is 25.2. The number of hydrogen-bond donors (Lipinski definition) is 1. The van der Waals surface area contributed by atoms with Gasteiger partial charge in [0, 0.05) is 17.5 Å². The van der Waals surface area contributed by atoms with E-state index in [0.717, 1.165) is 80.0 Å². The van der Waals surface area contributed by atoms with Crippen molar-refractivity contribution in [2.24, 2.45) is 5.92 Å². The molecular weight excluding hydrogens is 444 g/mol. The van der Waals surface area contributed by atoms with Crippen LogP contribution in [0, 0.1) is 5.92 Å². The molecule has 1 N–H and O–H groups in total. The lowest BCUT2D eigenvalue weighted by atomic mass is 9.86. The fraction of sp³-hybridized carbons (Fsp3) is 0.704. The number of carbonyl (C=O) groups is 2. The maximum Gasteiger partial charge on any atom is 0.271 e. The van der Waals surface area contributed by atoms with Crippen LogP contribution in [0.2, 0.25) is 0 Å². The largest absolute Gasteiger partial charge is 0.351 e. The maximum atomic E-state index is 13.8. The Morgan fingerprint density at radius 2 is 1.88 bits per heavy atom. The van der Waals surface area contributed by atoms with Crippen molar-refractivity contribution in [2.75, 3.05) is 26.2 Å². The molecule has 188 valence electrons. The lowest BCUT2D eigenvalue weighted by Gasteiger charge is -2.45. The second-order valence-corrected chi connectivity index (χ2v) is 11.6. The smallest absolute Gasteiger partial charge is 0.271 e. The third-order valence-corrected chi connectivity index (χ3v) is 9.32. The van der Waals surface area contributed by atoms with Crippen LogP contribution < -0.4 is 5.32 Å². The van der Waals surface area contributed by atoms with Crippen LogP contribution in [0.15, 0.2) is 12.1 Å². The van der Waals surface area contributed by atoms with Crippen molar-refractivity contribution in [3.05, 3.63) is 22.7 Å². The molecule has 2 aliphatic rings. The van der Waals surface area contributed by atoms with Crippen LogP contribution in [0.4, 0.5) is 0 Å². The molecule has 34 heavy (non-hydrogen) atoms. The molecule has 3 heterocycles. The summed E-state index contributed by atoms with van der Waals surface area (Å²) in [5.74, 6) is 0.725. The molecule has 0 spiro atoms. The molecule has 0 aromatic carbocycles. The molecule has 0 radical (unpaired) electrons. The van der Waals surface area contributed by atoms with Crippen molar-refractivity contribution < 1.29 is 9.59 Å². The summed E-state index contributed by atoms with van der Waals surface area (Å²) in [6, 6.07) is 4.46. The number of aryl methyl sites for hydroxylation is 1. The first kappa shape index (κ1) is 25.2. The number of rotatable bonds is 9. The Morgan fingerprint density at radius 3 is 2.53 bits per heavy atom. The first-order chi connectivity index (χ1) is 16.3. The predicted octanol–water partition coefficient (Wildman–Crippen LogP) is 4.91. The molecule has 2 aromatic heterocycles. The second kappa shape index (κ2) is 10.4. The number of aromatic nitrogens is 1. The minimum atomic E-state index is -0.892. The van der Waals surface area contributed by atoms with Crippen LogP contribution in [0.25, 0.3) is 10.2 Å². The van der Waals surface area contributed by atoms with Crippen LogP contribution in [0.3, 0.4) is 0 Å². The Balaban J connectivity index is 1.62. The number of amides is 2. The molecule has 2 aromatic rings. The second-order valence-electron chi connectivity index (χ2n) is 10.5. The molecule has 2 amide bonds. The Morgan fingerprint density at radius 1 is 1.18 bits per heavy atom. The first-order valence-corrected chi connectivity index (χ1v) is 14.1. The van der Waals surface area contributed by atoms with Crippen LogP contribution in [-0.2, 0) is 17.8 Å². The van der Waals surface area contributed by atoms with Crippen LogP contribution in [-0.4, -0.2) is 63.9 Å². The van der Waals surface area contributed by atoms with E-state index in [1.807, 2.05) is 17.9 Å².